The van der Waals surface area contributed by atoms with Gasteiger partial charge in [-0.3, -0.25) is 5.32 Å². The SMILES string of the molecule is CSc1ncc(C#N)c(N2CC3(CCCc4sc(NC(=O)OC(C)(C)C)c(C#N)c43)C2)n1. The van der Waals surface area contributed by atoms with Gasteiger partial charge in [-0.15, -0.1) is 11.3 Å². The highest BCUT2D eigenvalue weighted by atomic mass is 32.2. The summed E-state index contributed by atoms with van der Waals surface area (Å²) in [4.78, 5) is 24.3. The van der Waals surface area contributed by atoms with E-state index in [1.165, 1.54) is 23.1 Å². The van der Waals surface area contributed by atoms with E-state index in [1.807, 2.05) is 6.26 Å². The summed E-state index contributed by atoms with van der Waals surface area (Å²) in [5, 5.41) is 23.5. The lowest BCUT2D eigenvalue weighted by Crippen LogP contribution is -2.61. The van der Waals surface area contributed by atoms with Crippen LogP contribution in [0.4, 0.5) is 15.6 Å². The first kappa shape index (κ1) is 22.4. The molecule has 0 aromatic carbocycles. The molecule has 2 aromatic heterocycles. The van der Waals surface area contributed by atoms with Crippen LogP contribution in [0.2, 0.25) is 0 Å². The predicted octanol–water partition coefficient (Wildman–Crippen LogP) is 4.44. The molecule has 0 atom stereocenters. The van der Waals surface area contributed by atoms with Crippen LogP contribution in [0, 0.1) is 22.7 Å². The molecule has 1 saturated heterocycles. The number of hydrogen-bond acceptors (Lipinski definition) is 9. The standard InChI is InChI=1S/C22H24N6O2S2/c1-21(2,3)30-20(29)27-18-14(9-24)16-15(32-18)6-5-7-22(16)11-28(12-22)17-13(8-23)10-25-19(26-17)31-4/h10H,5-7,11-12H2,1-4H3,(H,27,29). The van der Waals surface area contributed by atoms with Gasteiger partial charge in [-0.05, 0) is 51.9 Å². The summed E-state index contributed by atoms with van der Waals surface area (Å²) in [5.41, 5.74) is 1.22. The summed E-state index contributed by atoms with van der Waals surface area (Å²) in [5.74, 6) is 0.644. The minimum Gasteiger partial charge on any atom is -0.444 e. The molecule has 2 aromatic rings. The van der Waals surface area contributed by atoms with Crippen LogP contribution in [-0.4, -0.2) is 41.0 Å². The Balaban J connectivity index is 1.63. The van der Waals surface area contributed by atoms with Crippen LogP contribution in [0.5, 0.6) is 0 Å². The largest absolute Gasteiger partial charge is 0.444 e. The number of amides is 1. The number of aryl methyl sites for hydroxylation is 1. The first-order valence-corrected chi connectivity index (χ1v) is 12.4. The molecule has 3 heterocycles. The smallest absolute Gasteiger partial charge is 0.412 e. The van der Waals surface area contributed by atoms with E-state index in [0.29, 0.717) is 40.2 Å². The van der Waals surface area contributed by atoms with E-state index < -0.39 is 11.7 Å². The van der Waals surface area contributed by atoms with E-state index in [4.69, 9.17) is 4.74 Å². The number of nitrogens with zero attached hydrogens (tertiary/aromatic N) is 5. The average Bonchev–Trinajstić information content (AvgIpc) is 3.07. The van der Waals surface area contributed by atoms with E-state index in [9.17, 15) is 15.3 Å². The highest BCUT2D eigenvalue weighted by Gasteiger charge is 2.50. The van der Waals surface area contributed by atoms with Gasteiger partial charge < -0.3 is 9.64 Å². The van der Waals surface area contributed by atoms with Crippen LogP contribution < -0.4 is 10.2 Å². The summed E-state index contributed by atoms with van der Waals surface area (Å²) < 4.78 is 5.38. The van der Waals surface area contributed by atoms with Gasteiger partial charge in [0.15, 0.2) is 11.0 Å². The zero-order chi connectivity index (χ0) is 23.1. The van der Waals surface area contributed by atoms with E-state index >= 15 is 0 Å². The Kier molecular flexibility index (Phi) is 5.78. The number of ether oxygens (including phenoxy) is 1. The van der Waals surface area contributed by atoms with Crippen molar-refractivity contribution in [2.24, 2.45) is 0 Å². The van der Waals surface area contributed by atoms with Crippen LogP contribution in [0.1, 0.15) is 55.2 Å². The maximum absolute atomic E-state index is 12.3. The van der Waals surface area contributed by atoms with Gasteiger partial charge >= 0.3 is 6.09 Å². The van der Waals surface area contributed by atoms with E-state index in [1.54, 1.807) is 27.0 Å². The van der Waals surface area contributed by atoms with E-state index in [-0.39, 0.29) is 5.41 Å². The number of nitriles is 2. The van der Waals surface area contributed by atoms with Gasteiger partial charge in [0.25, 0.3) is 0 Å². The van der Waals surface area contributed by atoms with Crippen molar-refractivity contribution in [3.05, 3.63) is 27.8 Å². The third kappa shape index (κ3) is 4.01. The molecule has 10 heteroatoms. The Morgan fingerprint density at radius 1 is 1.34 bits per heavy atom. The molecule has 1 amide bonds. The van der Waals surface area contributed by atoms with Crippen molar-refractivity contribution in [3.8, 4) is 12.1 Å². The molecule has 0 saturated carbocycles. The number of nitrogens with one attached hydrogen (secondary N) is 1. The highest BCUT2D eigenvalue weighted by molar-refractivity contribution is 7.98. The fourth-order valence-corrected chi connectivity index (χ4v) is 6.08. The first-order valence-electron chi connectivity index (χ1n) is 10.3. The van der Waals surface area contributed by atoms with Crippen LogP contribution in [0.15, 0.2) is 11.4 Å². The molecule has 4 rings (SSSR count). The second kappa shape index (κ2) is 8.27. The molecule has 32 heavy (non-hydrogen) atoms. The summed E-state index contributed by atoms with van der Waals surface area (Å²) in [6.07, 6.45) is 5.78. The second-order valence-electron chi connectivity index (χ2n) is 9.04. The predicted molar refractivity (Wildman–Crippen MR) is 124 cm³/mol. The molecule has 1 spiro atoms. The Bertz CT molecular complexity index is 1150. The molecule has 1 aliphatic carbocycles. The topological polar surface area (TPSA) is 115 Å². The first-order chi connectivity index (χ1) is 15.2. The van der Waals surface area contributed by atoms with E-state index in [0.717, 1.165) is 29.7 Å². The van der Waals surface area contributed by atoms with Gasteiger partial charge in [0.2, 0.25) is 0 Å². The Hall–Kier alpha value is -2.82. The number of carbonyl (C=O) groups excluding carboxylic acids is 1. The fourth-order valence-electron chi connectivity index (χ4n) is 4.44. The summed E-state index contributed by atoms with van der Waals surface area (Å²) in [6, 6.07) is 4.52. The number of thioether (sulfide) groups is 1. The minimum absolute atomic E-state index is 0.180. The zero-order valence-electron chi connectivity index (χ0n) is 18.5. The Morgan fingerprint density at radius 3 is 2.72 bits per heavy atom. The van der Waals surface area contributed by atoms with Crippen molar-refractivity contribution in [1.82, 2.24) is 9.97 Å². The van der Waals surface area contributed by atoms with Gasteiger partial charge in [0.1, 0.15) is 28.3 Å². The Morgan fingerprint density at radius 2 is 2.09 bits per heavy atom. The van der Waals surface area contributed by atoms with Crippen LogP contribution >= 0.6 is 23.1 Å². The molecular formula is C22H24N6O2S2. The summed E-state index contributed by atoms with van der Waals surface area (Å²) in [6.45, 7) is 6.77. The van der Waals surface area contributed by atoms with Crippen LogP contribution in [-0.2, 0) is 16.6 Å². The minimum atomic E-state index is -0.616. The average molecular weight is 469 g/mol. The van der Waals surface area contributed by atoms with Crippen molar-refractivity contribution in [2.45, 2.75) is 56.2 Å². The normalized spacial score (nSPS) is 16.5. The molecular weight excluding hydrogens is 444 g/mol. The number of aromatic nitrogens is 2. The highest BCUT2D eigenvalue weighted by Crippen LogP contribution is 2.51. The number of hydrogen-bond donors (Lipinski definition) is 1. The van der Waals surface area contributed by atoms with Crippen molar-refractivity contribution < 1.29 is 9.53 Å². The molecule has 2 aliphatic rings. The molecule has 1 fully saturated rings. The fraction of sp³-hybridized carbons (Fsp3) is 0.500. The Labute approximate surface area is 195 Å². The number of fused-ring (bicyclic) bond motifs is 2. The third-order valence-corrected chi connectivity index (χ3v) is 7.36. The molecule has 1 aliphatic heterocycles. The van der Waals surface area contributed by atoms with Gasteiger partial charge in [-0.1, -0.05) is 11.8 Å². The lowest BCUT2D eigenvalue weighted by atomic mass is 9.66. The molecule has 0 bridgehead atoms. The molecule has 166 valence electrons. The maximum atomic E-state index is 12.3. The van der Waals surface area contributed by atoms with Gasteiger partial charge in [0.05, 0.1) is 11.8 Å². The molecule has 0 unspecified atom stereocenters. The number of thiophene rings is 1. The van der Waals surface area contributed by atoms with Crippen molar-refractivity contribution in [1.29, 1.82) is 10.5 Å². The lowest BCUT2D eigenvalue weighted by molar-refractivity contribution is 0.0636. The molecule has 0 radical (unpaired) electrons. The van der Waals surface area contributed by atoms with Gasteiger partial charge in [-0.25, -0.2) is 14.8 Å². The monoisotopic (exact) mass is 468 g/mol. The lowest BCUT2D eigenvalue weighted by Gasteiger charge is -2.53. The van der Waals surface area contributed by atoms with Crippen LogP contribution in [0.3, 0.4) is 0 Å². The summed E-state index contributed by atoms with van der Waals surface area (Å²) in [7, 11) is 0. The number of rotatable bonds is 3. The number of carbonyl (C=O) groups is 1. The zero-order valence-corrected chi connectivity index (χ0v) is 20.1. The molecule has 1 N–H and O–H groups in total. The van der Waals surface area contributed by atoms with Gasteiger partial charge in [0, 0.05) is 23.4 Å². The van der Waals surface area contributed by atoms with Crippen molar-refractivity contribution >= 4 is 40.0 Å². The second-order valence-corrected chi connectivity index (χ2v) is 10.9. The molecule has 8 nitrogen and oxygen atoms in total. The maximum Gasteiger partial charge on any atom is 0.412 e. The quantitative estimate of drug-likeness (QED) is 0.519. The third-order valence-electron chi connectivity index (χ3n) is 5.63. The van der Waals surface area contributed by atoms with Crippen molar-refractivity contribution in [2.75, 3.05) is 29.6 Å². The van der Waals surface area contributed by atoms with E-state index in [2.05, 4.69) is 32.3 Å². The van der Waals surface area contributed by atoms with Gasteiger partial charge in [-0.2, -0.15) is 10.5 Å². The van der Waals surface area contributed by atoms with Crippen LogP contribution in [0.25, 0.3) is 0 Å². The summed E-state index contributed by atoms with van der Waals surface area (Å²) >= 11 is 2.91. The van der Waals surface area contributed by atoms with Crippen molar-refractivity contribution in [3.63, 3.8) is 0 Å². The number of anilines is 2.